The zero-order valence-electron chi connectivity index (χ0n) is 8.10. The lowest BCUT2D eigenvalue weighted by atomic mass is 10.4. The summed E-state index contributed by atoms with van der Waals surface area (Å²) < 4.78 is 24.8. The van der Waals surface area contributed by atoms with Crippen LogP contribution in [0.1, 0.15) is 4.88 Å². The SMILES string of the molecule is CN(C)S(=O)(=O)c1ccc(CCO)s1. The van der Waals surface area contributed by atoms with Crippen LogP contribution in [0.4, 0.5) is 0 Å². The maximum atomic E-state index is 11.6. The van der Waals surface area contributed by atoms with Crippen molar-refractivity contribution in [1.29, 1.82) is 0 Å². The molecule has 1 heterocycles. The number of rotatable bonds is 4. The van der Waals surface area contributed by atoms with Crippen LogP contribution in [-0.4, -0.2) is 38.5 Å². The van der Waals surface area contributed by atoms with Crippen molar-refractivity contribution >= 4 is 21.4 Å². The summed E-state index contributed by atoms with van der Waals surface area (Å²) in [4.78, 5) is 0.882. The first-order chi connectivity index (χ1) is 6.48. The van der Waals surface area contributed by atoms with E-state index in [4.69, 9.17) is 5.11 Å². The van der Waals surface area contributed by atoms with Crippen molar-refractivity contribution in [3.63, 3.8) is 0 Å². The highest BCUT2D eigenvalue weighted by atomic mass is 32.2. The van der Waals surface area contributed by atoms with Crippen molar-refractivity contribution in [2.75, 3.05) is 20.7 Å². The third kappa shape index (κ3) is 2.33. The third-order valence-electron chi connectivity index (χ3n) is 1.73. The molecule has 1 aromatic rings. The van der Waals surface area contributed by atoms with Crippen molar-refractivity contribution in [2.24, 2.45) is 0 Å². The zero-order chi connectivity index (χ0) is 10.8. The average Bonchev–Trinajstić information content (AvgIpc) is 2.53. The Bertz CT molecular complexity index is 394. The molecule has 1 aromatic heterocycles. The molecule has 4 nitrogen and oxygen atoms in total. The van der Waals surface area contributed by atoms with Crippen LogP contribution in [0, 0.1) is 0 Å². The Morgan fingerprint density at radius 3 is 2.57 bits per heavy atom. The van der Waals surface area contributed by atoms with Crippen LogP contribution in [0.5, 0.6) is 0 Å². The first-order valence-electron chi connectivity index (χ1n) is 4.10. The molecule has 0 saturated carbocycles. The number of sulfonamides is 1. The zero-order valence-corrected chi connectivity index (χ0v) is 9.73. The van der Waals surface area contributed by atoms with Gasteiger partial charge in [0, 0.05) is 32.0 Å². The molecular weight excluding hydrogens is 222 g/mol. The number of hydrogen-bond donors (Lipinski definition) is 1. The summed E-state index contributed by atoms with van der Waals surface area (Å²) in [6.07, 6.45) is 0.508. The number of aliphatic hydroxyl groups excluding tert-OH is 1. The number of hydrogen-bond acceptors (Lipinski definition) is 4. The molecule has 0 amide bonds. The van der Waals surface area contributed by atoms with Gasteiger partial charge in [0.2, 0.25) is 0 Å². The summed E-state index contributed by atoms with van der Waals surface area (Å²) in [5.74, 6) is 0. The van der Waals surface area contributed by atoms with Gasteiger partial charge in [-0.3, -0.25) is 0 Å². The predicted molar refractivity (Wildman–Crippen MR) is 56.0 cm³/mol. The van der Waals surface area contributed by atoms with Gasteiger partial charge < -0.3 is 5.11 Å². The summed E-state index contributed by atoms with van der Waals surface area (Å²) >= 11 is 1.20. The summed E-state index contributed by atoms with van der Waals surface area (Å²) in [6.45, 7) is 0.0436. The number of nitrogens with zero attached hydrogens (tertiary/aromatic N) is 1. The second kappa shape index (κ2) is 4.39. The standard InChI is InChI=1S/C8H13NO3S2/c1-9(2)14(11,12)8-4-3-7(13-8)5-6-10/h3-4,10H,5-6H2,1-2H3. The Hall–Kier alpha value is -0.430. The number of aliphatic hydroxyl groups is 1. The minimum absolute atomic E-state index is 0.0436. The van der Waals surface area contributed by atoms with Crippen LogP contribution >= 0.6 is 11.3 Å². The van der Waals surface area contributed by atoms with Crippen LogP contribution in [0.15, 0.2) is 16.3 Å². The highest BCUT2D eigenvalue weighted by molar-refractivity contribution is 7.91. The van der Waals surface area contributed by atoms with Gasteiger partial charge in [0.05, 0.1) is 0 Å². The molecule has 1 rings (SSSR count). The van der Waals surface area contributed by atoms with Gasteiger partial charge in [-0.05, 0) is 12.1 Å². The van der Waals surface area contributed by atoms with Gasteiger partial charge in [-0.25, -0.2) is 12.7 Å². The van der Waals surface area contributed by atoms with E-state index in [-0.39, 0.29) is 6.61 Å². The minimum Gasteiger partial charge on any atom is -0.396 e. The monoisotopic (exact) mass is 235 g/mol. The predicted octanol–water partition coefficient (Wildman–Crippen LogP) is 0.533. The molecule has 0 aliphatic rings. The molecule has 80 valence electrons. The molecule has 0 unspecified atom stereocenters. The van der Waals surface area contributed by atoms with Crippen LogP contribution in [0.25, 0.3) is 0 Å². The quantitative estimate of drug-likeness (QED) is 0.828. The largest absolute Gasteiger partial charge is 0.396 e. The van der Waals surface area contributed by atoms with E-state index in [1.165, 1.54) is 29.7 Å². The fourth-order valence-corrected chi connectivity index (χ4v) is 3.43. The Kier molecular flexibility index (Phi) is 3.65. The molecule has 14 heavy (non-hydrogen) atoms. The van der Waals surface area contributed by atoms with Gasteiger partial charge in [0.25, 0.3) is 10.0 Å². The van der Waals surface area contributed by atoms with E-state index in [9.17, 15) is 8.42 Å². The normalized spacial score (nSPS) is 12.3. The lowest BCUT2D eigenvalue weighted by Crippen LogP contribution is -2.21. The molecule has 1 N–H and O–H groups in total. The van der Waals surface area contributed by atoms with Crippen molar-refractivity contribution in [1.82, 2.24) is 4.31 Å². The molecule has 6 heteroatoms. The molecule has 0 aromatic carbocycles. The van der Waals surface area contributed by atoms with Crippen LogP contribution in [0.2, 0.25) is 0 Å². The highest BCUT2D eigenvalue weighted by Crippen LogP contribution is 2.23. The molecule has 0 spiro atoms. The van der Waals surface area contributed by atoms with Crippen molar-refractivity contribution in [2.45, 2.75) is 10.6 Å². The van der Waals surface area contributed by atoms with Gasteiger partial charge in [-0.2, -0.15) is 0 Å². The maximum absolute atomic E-state index is 11.6. The second-order valence-electron chi connectivity index (χ2n) is 2.98. The van der Waals surface area contributed by atoms with E-state index >= 15 is 0 Å². The molecule has 0 fully saturated rings. The van der Waals surface area contributed by atoms with Crippen LogP contribution in [0.3, 0.4) is 0 Å². The van der Waals surface area contributed by atoms with E-state index in [0.717, 1.165) is 4.88 Å². The van der Waals surface area contributed by atoms with Gasteiger partial charge >= 0.3 is 0 Å². The average molecular weight is 235 g/mol. The summed E-state index contributed by atoms with van der Waals surface area (Å²) in [7, 11) is -0.303. The molecule has 0 aliphatic carbocycles. The highest BCUT2D eigenvalue weighted by Gasteiger charge is 2.19. The summed E-state index contributed by atoms with van der Waals surface area (Å²) in [5, 5.41) is 8.69. The van der Waals surface area contributed by atoms with Crippen LogP contribution in [-0.2, 0) is 16.4 Å². The van der Waals surface area contributed by atoms with Crippen LogP contribution < -0.4 is 0 Å². The lowest BCUT2D eigenvalue weighted by molar-refractivity contribution is 0.300. The van der Waals surface area contributed by atoms with E-state index in [2.05, 4.69) is 0 Å². The molecular formula is C8H13NO3S2. The first kappa shape index (κ1) is 11.6. The Morgan fingerprint density at radius 2 is 2.07 bits per heavy atom. The molecule has 0 aliphatic heterocycles. The van der Waals surface area contributed by atoms with Crippen molar-refractivity contribution in [3.05, 3.63) is 17.0 Å². The van der Waals surface area contributed by atoms with Crippen molar-refractivity contribution < 1.29 is 13.5 Å². The topological polar surface area (TPSA) is 57.6 Å². The second-order valence-corrected chi connectivity index (χ2v) is 6.53. The minimum atomic E-state index is -3.30. The number of thiophene rings is 1. The summed E-state index contributed by atoms with van der Waals surface area (Å²) in [5.41, 5.74) is 0. The van der Waals surface area contributed by atoms with E-state index in [1.807, 2.05) is 0 Å². The molecule has 0 saturated heterocycles. The van der Waals surface area contributed by atoms with Crippen molar-refractivity contribution in [3.8, 4) is 0 Å². The lowest BCUT2D eigenvalue weighted by Gasteiger charge is -2.08. The molecule has 0 bridgehead atoms. The van der Waals surface area contributed by atoms with Gasteiger partial charge in [-0.15, -0.1) is 11.3 Å². The summed E-state index contributed by atoms with van der Waals surface area (Å²) in [6, 6.07) is 3.31. The third-order valence-corrected chi connectivity index (χ3v) is 5.16. The van der Waals surface area contributed by atoms with Gasteiger partial charge in [-0.1, -0.05) is 0 Å². The van der Waals surface area contributed by atoms with Gasteiger partial charge in [0.1, 0.15) is 4.21 Å². The maximum Gasteiger partial charge on any atom is 0.252 e. The Balaban J connectivity index is 2.98. The Morgan fingerprint density at radius 1 is 1.43 bits per heavy atom. The van der Waals surface area contributed by atoms with E-state index < -0.39 is 10.0 Å². The molecule has 0 radical (unpaired) electrons. The van der Waals surface area contributed by atoms with E-state index in [0.29, 0.717) is 10.6 Å². The fourth-order valence-electron chi connectivity index (χ4n) is 0.921. The first-order valence-corrected chi connectivity index (χ1v) is 6.36. The fraction of sp³-hybridized carbons (Fsp3) is 0.500. The molecule has 0 atom stereocenters. The van der Waals surface area contributed by atoms with Gasteiger partial charge in [0.15, 0.2) is 0 Å². The Labute approximate surface area is 87.8 Å². The van der Waals surface area contributed by atoms with E-state index in [1.54, 1.807) is 12.1 Å². The smallest absolute Gasteiger partial charge is 0.252 e.